The Morgan fingerprint density at radius 2 is 2.20 bits per heavy atom. The first-order valence-corrected chi connectivity index (χ1v) is 4.50. The molecule has 1 aromatic rings. The normalized spacial score (nSPS) is 10.4. The number of rotatable bonds is 3. The summed E-state index contributed by atoms with van der Waals surface area (Å²) in [5.74, 6) is -0.598. The van der Waals surface area contributed by atoms with Crippen LogP contribution < -0.4 is 11.1 Å². The van der Waals surface area contributed by atoms with E-state index in [4.69, 9.17) is 17.3 Å². The van der Waals surface area contributed by atoms with E-state index in [1.807, 2.05) is 0 Å². The van der Waals surface area contributed by atoms with E-state index < -0.39 is 18.9 Å². The molecule has 0 aromatic heterocycles. The minimum atomic E-state index is -2.57. The molecule has 0 fully saturated rings. The monoisotopic (exact) mass is 234 g/mol. The van der Waals surface area contributed by atoms with Gasteiger partial charge in [0.05, 0.1) is 17.3 Å². The molecule has 0 aliphatic carbocycles. The van der Waals surface area contributed by atoms with Gasteiger partial charge in [-0.25, -0.2) is 8.78 Å². The van der Waals surface area contributed by atoms with Gasteiger partial charge >= 0.3 is 0 Å². The number of alkyl halides is 2. The summed E-state index contributed by atoms with van der Waals surface area (Å²) < 4.78 is 23.6. The minimum absolute atomic E-state index is 0.206. The van der Waals surface area contributed by atoms with Crippen molar-refractivity contribution in [1.29, 1.82) is 0 Å². The van der Waals surface area contributed by atoms with Crippen LogP contribution in [0.1, 0.15) is 10.4 Å². The fourth-order valence-corrected chi connectivity index (χ4v) is 1.07. The Morgan fingerprint density at radius 1 is 1.53 bits per heavy atom. The lowest BCUT2D eigenvalue weighted by molar-refractivity contribution is 0.0892. The molecule has 15 heavy (non-hydrogen) atoms. The van der Waals surface area contributed by atoms with E-state index in [1.54, 1.807) is 0 Å². The van der Waals surface area contributed by atoms with Crippen molar-refractivity contribution in [2.75, 3.05) is 12.3 Å². The van der Waals surface area contributed by atoms with Crippen molar-refractivity contribution >= 4 is 23.2 Å². The summed E-state index contributed by atoms with van der Waals surface area (Å²) in [4.78, 5) is 11.3. The number of nitrogen functional groups attached to an aromatic ring is 1. The number of nitrogens with two attached hydrogens (primary N) is 1. The molecule has 0 saturated carbocycles. The van der Waals surface area contributed by atoms with E-state index in [0.29, 0.717) is 5.02 Å². The van der Waals surface area contributed by atoms with E-state index in [0.717, 1.165) is 0 Å². The topological polar surface area (TPSA) is 55.1 Å². The summed E-state index contributed by atoms with van der Waals surface area (Å²) >= 11 is 5.64. The van der Waals surface area contributed by atoms with Crippen molar-refractivity contribution in [3.63, 3.8) is 0 Å². The Bertz CT molecular complexity index is 371. The minimum Gasteiger partial charge on any atom is -0.398 e. The van der Waals surface area contributed by atoms with Crippen LogP contribution in [-0.2, 0) is 0 Å². The van der Waals surface area contributed by atoms with Gasteiger partial charge in [0, 0.05) is 5.56 Å². The highest BCUT2D eigenvalue weighted by atomic mass is 35.5. The molecule has 0 aliphatic rings. The molecule has 3 N–H and O–H groups in total. The molecule has 1 amide bonds. The molecule has 3 nitrogen and oxygen atoms in total. The lowest BCUT2D eigenvalue weighted by Gasteiger charge is -2.05. The number of hydrogen-bond acceptors (Lipinski definition) is 2. The molecular formula is C9H9ClF2N2O. The fraction of sp³-hybridized carbons (Fsp3) is 0.222. The Morgan fingerprint density at radius 3 is 2.73 bits per heavy atom. The summed E-state index contributed by atoms with van der Waals surface area (Å²) in [6.07, 6.45) is -2.57. The molecule has 82 valence electrons. The zero-order valence-corrected chi connectivity index (χ0v) is 8.39. The van der Waals surface area contributed by atoms with Crippen LogP contribution >= 0.6 is 11.6 Å². The lowest BCUT2D eigenvalue weighted by Crippen LogP contribution is -2.28. The third-order valence-electron chi connectivity index (χ3n) is 1.68. The largest absolute Gasteiger partial charge is 0.398 e. The fourth-order valence-electron chi connectivity index (χ4n) is 0.957. The molecule has 0 saturated heterocycles. The number of carbonyl (C=O) groups excluding carboxylic acids is 1. The Labute approximate surface area is 90.2 Å². The zero-order chi connectivity index (χ0) is 11.4. The number of carbonyl (C=O) groups is 1. The summed E-state index contributed by atoms with van der Waals surface area (Å²) in [6, 6.07) is 4.19. The molecule has 0 atom stereocenters. The van der Waals surface area contributed by atoms with Crippen LogP contribution in [0.5, 0.6) is 0 Å². The third-order valence-corrected chi connectivity index (χ3v) is 2.02. The Balaban J connectivity index is 2.70. The number of halogens is 3. The number of amides is 1. The van der Waals surface area contributed by atoms with Crippen molar-refractivity contribution in [3.05, 3.63) is 28.8 Å². The van der Waals surface area contributed by atoms with Crippen molar-refractivity contribution in [1.82, 2.24) is 5.32 Å². The van der Waals surface area contributed by atoms with Gasteiger partial charge in [0.1, 0.15) is 0 Å². The van der Waals surface area contributed by atoms with Gasteiger partial charge in [0.2, 0.25) is 0 Å². The molecule has 0 heterocycles. The highest BCUT2D eigenvalue weighted by Gasteiger charge is 2.09. The standard InChI is InChI=1S/C9H9ClF2N2O/c10-6-2-1-5(3-7(6)13)9(15)14-4-8(11)12/h1-3,8H,4,13H2,(H,14,15). The first-order chi connectivity index (χ1) is 7.00. The van der Waals surface area contributed by atoms with Crippen LogP contribution in [0.25, 0.3) is 0 Å². The molecule has 0 unspecified atom stereocenters. The Kier molecular flexibility index (Phi) is 3.85. The quantitative estimate of drug-likeness (QED) is 0.785. The second-order valence-electron chi connectivity index (χ2n) is 2.84. The van der Waals surface area contributed by atoms with Gasteiger partial charge < -0.3 is 11.1 Å². The number of nitrogens with one attached hydrogen (secondary N) is 1. The molecule has 0 spiro atoms. The average Bonchev–Trinajstić information content (AvgIpc) is 2.18. The molecule has 1 rings (SSSR count). The first kappa shape index (κ1) is 11.7. The summed E-state index contributed by atoms with van der Waals surface area (Å²) in [5, 5.41) is 2.38. The molecular weight excluding hydrogens is 226 g/mol. The highest BCUT2D eigenvalue weighted by molar-refractivity contribution is 6.33. The van der Waals surface area contributed by atoms with Crippen LogP contribution in [0.3, 0.4) is 0 Å². The maximum Gasteiger partial charge on any atom is 0.255 e. The molecule has 0 bridgehead atoms. The number of benzene rings is 1. The van der Waals surface area contributed by atoms with Crippen molar-refractivity contribution < 1.29 is 13.6 Å². The van der Waals surface area contributed by atoms with Crippen molar-refractivity contribution in [2.24, 2.45) is 0 Å². The second kappa shape index (κ2) is 4.93. The summed E-state index contributed by atoms with van der Waals surface area (Å²) in [6.45, 7) is -0.679. The lowest BCUT2D eigenvalue weighted by atomic mass is 10.2. The average molecular weight is 235 g/mol. The molecule has 0 radical (unpaired) electrons. The molecule has 6 heteroatoms. The predicted octanol–water partition coefficient (Wildman–Crippen LogP) is 1.92. The molecule has 1 aromatic carbocycles. The van der Waals surface area contributed by atoms with E-state index in [1.165, 1.54) is 18.2 Å². The van der Waals surface area contributed by atoms with Gasteiger partial charge in [0.15, 0.2) is 0 Å². The van der Waals surface area contributed by atoms with Gasteiger partial charge in [-0.3, -0.25) is 4.79 Å². The van der Waals surface area contributed by atoms with Crippen LogP contribution in [0, 0.1) is 0 Å². The van der Waals surface area contributed by atoms with Crippen LogP contribution in [0.2, 0.25) is 5.02 Å². The molecule has 0 aliphatic heterocycles. The van der Waals surface area contributed by atoms with Crippen LogP contribution in [0.4, 0.5) is 14.5 Å². The summed E-state index contributed by atoms with van der Waals surface area (Å²) in [7, 11) is 0. The predicted molar refractivity (Wildman–Crippen MR) is 54.2 cm³/mol. The maximum atomic E-state index is 11.8. The second-order valence-corrected chi connectivity index (χ2v) is 3.24. The van der Waals surface area contributed by atoms with E-state index in [2.05, 4.69) is 5.32 Å². The van der Waals surface area contributed by atoms with E-state index in [-0.39, 0.29) is 11.3 Å². The van der Waals surface area contributed by atoms with Crippen molar-refractivity contribution in [2.45, 2.75) is 6.43 Å². The van der Waals surface area contributed by atoms with E-state index >= 15 is 0 Å². The maximum absolute atomic E-state index is 11.8. The SMILES string of the molecule is Nc1cc(C(=O)NCC(F)F)ccc1Cl. The number of anilines is 1. The highest BCUT2D eigenvalue weighted by Crippen LogP contribution is 2.19. The van der Waals surface area contributed by atoms with Gasteiger partial charge in [-0.05, 0) is 18.2 Å². The smallest absolute Gasteiger partial charge is 0.255 e. The summed E-state index contributed by atoms with van der Waals surface area (Å²) in [5.41, 5.74) is 5.90. The van der Waals surface area contributed by atoms with Crippen LogP contribution in [-0.4, -0.2) is 18.9 Å². The third kappa shape index (κ3) is 3.36. The Hall–Kier alpha value is -1.36. The van der Waals surface area contributed by atoms with Crippen LogP contribution in [0.15, 0.2) is 18.2 Å². The first-order valence-electron chi connectivity index (χ1n) is 4.12. The van der Waals surface area contributed by atoms with Gasteiger partial charge in [-0.1, -0.05) is 11.6 Å². The van der Waals surface area contributed by atoms with Gasteiger partial charge in [-0.2, -0.15) is 0 Å². The zero-order valence-electron chi connectivity index (χ0n) is 7.64. The number of hydrogen-bond donors (Lipinski definition) is 2. The van der Waals surface area contributed by atoms with E-state index in [9.17, 15) is 13.6 Å². The van der Waals surface area contributed by atoms with Gasteiger partial charge in [-0.15, -0.1) is 0 Å². The van der Waals surface area contributed by atoms with Crippen molar-refractivity contribution in [3.8, 4) is 0 Å². The van der Waals surface area contributed by atoms with Gasteiger partial charge in [0.25, 0.3) is 12.3 Å².